The van der Waals surface area contributed by atoms with Crippen LogP contribution in [0, 0.1) is 0 Å². The minimum absolute atomic E-state index is 0.164. The highest BCUT2D eigenvalue weighted by atomic mass is 35.5. The van der Waals surface area contributed by atoms with Crippen LogP contribution in [0.2, 0.25) is 5.02 Å². The van der Waals surface area contributed by atoms with Gasteiger partial charge in [-0.15, -0.1) is 11.6 Å². The lowest BCUT2D eigenvalue weighted by atomic mass is 10.1. The molecule has 1 aliphatic heterocycles. The number of fused-ring (bicyclic) bond motifs is 1. The Morgan fingerprint density at radius 2 is 1.65 bits per heavy atom. The Morgan fingerprint density at radius 3 is 2.20 bits per heavy atom. The minimum atomic E-state index is -4.40. The topological polar surface area (TPSA) is 18.5 Å². The van der Waals surface area contributed by atoms with E-state index in [0.717, 1.165) is 6.07 Å². The summed E-state index contributed by atoms with van der Waals surface area (Å²) < 4.78 is 61.9. The maximum atomic E-state index is 13.3. The van der Waals surface area contributed by atoms with Crippen LogP contribution in [0.15, 0.2) is 12.1 Å². The summed E-state index contributed by atoms with van der Waals surface area (Å²) in [6.45, 7) is 0.715. The summed E-state index contributed by atoms with van der Waals surface area (Å²) in [6.07, 6.45) is -3.28. The van der Waals surface area contributed by atoms with Crippen molar-refractivity contribution in [2.24, 2.45) is 0 Å². The first-order chi connectivity index (χ1) is 9.34. The zero-order valence-electron chi connectivity index (χ0n) is 10.0. The Kier molecular flexibility index (Phi) is 4.54. The van der Waals surface area contributed by atoms with Crippen LogP contribution in [0.5, 0.6) is 11.5 Å². The summed E-state index contributed by atoms with van der Waals surface area (Å²) in [5, 5.41) is -2.43. The third kappa shape index (κ3) is 2.91. The average Bonchev–Trinajstić information content (AvgIpc) is 2.61. The van der Waals surface area contributed by atoms with E-state index in [2.05, 4.69) is 0 Å². The number of benzene rings is 1. The molecule has 1 atom stereocenters. The van der Waals surface area contributed by atoms with Gasteiger partial charge in [-0.1, -0.05) is 11.6 Å². The summed E-state index contributed by atoms with van der Waals surface area (Å²) in [7, 11) is 0. The van der Waals surface area contributed by atoms with Crippen LogP contribution in [0.25, 0.3) is 0 Å². The van der Waals surface area contributed by atoms with E-state index in [9.17, 15) is 17.6 Å². The van der Waals surface area contributed by atoms with Crippen molar-refractivity contribution in [2.75, 3.05) is 13.2 Å². The van der Waals surface area contributed by atoms with E-state index in [-0.39, 0.29) is 22.1 Å². The van der Waals surface area contributed by atoms with E-state index in [1.165, 1.54) is 6.07 Å². The quantitative estimate of drug-likeness (QED) is 0.591. The van der Waals surface area contributed by atoms with E-state index >= 15 is 0 Å². The van der Waals surface area contributed by atoms with E-state index in [4.69, 9.17) is 32.7 Å². The standard InChI is InChI=1S/C12H10Cl2F4O2/c13-7-5-9-8(19-2-1-3-20-9)4-6(7)10(14)12(17,18)11(15)16/h4-5,10-11H,1-3H2. The smallest absolute Gasteiger partial charge is 0.327 e. The van der Waals surface area contributed by atoms with Crippen LogP contribution >= 0.6 is 23.2 Å². The van der Waals surface area contributed by atoms with Crippen LogP contribution in [0.3, 0.4) is 0 Å². The highest BCUT2D eigenvalue weighted by molar-refractivity contribution is 6.33. The van der Waals surface area contributed by atoms with Gasteiger partial charge in [-0.05, 0) is 11.6 Å². The predicted octanol–water partition coefficient (Wildman–Crippen LogP) is 4.68. The molecule has 0 bridgehead atoms. The first kappa shape index (κ1) is 15.5. The molecule has 0 aliphatic carbocycles. The van der Waals surface area contributed by atoms with E-state index in [1.54, 1.807) is 0 Å². The van der Waals surface area contributed by atoms with Gasteiger partial charge in [0.25, 0.3) is 0 Å². The molecular weight excluding hydrogens is 323 g/mol. The summed E-state index contributed by atoms with van der Waals surface area (Å²) in [5.74, 6) is -3.96. The van der Waals surface area contributed by atoms with Gasteiger partial charge in [0.05, 0.1) is 13.2 Å². The molecule has 0 radical (unpaired) electrons. The molecule has 2 nitrogen and oxygen atoms in total. The van der Waals surface area contributed by atoms with Gasteiger partial charge in [-0.2, -0.15) is 8.78 Å². The first-order valence-corrected chi connectivity index (χ1v) is 6.54. The number of hydrogen-bond acceptors (Lipinski definition) is 2. The molecule has 1 unspecified atom stereocenters. The lowest BCUT2D eigenvalue weighted by Gasteiger charge is -2.23. The highest BCUT2D eigenvalue weighted by Gasteiger charge is 2.49. The maximum absolute atomic E-state index is 13.3. The molecule has 1 heterocycles. The van der Waals surface area contributed by atoms with Crippen LogP contribution in [0.4, 0.5) is 17.6 Å². The number of halogens is 6. The molecular formula is C12H10Cl2F4O2. The van der Waals surface area contributed by atoms with Crippen molar-refractivity contribution in [2.45, 2.75) is 24.1 Å². The van der Waals surface area contributed by atoms with Crippen LogP contribution in [-0.4, -0.2) is 25.6 Å². The van der Waals surface area contributed by atoms with E-state index < -0.39 is 17.7 Å². The molecule has 0 amide bonds. The number of hydrogen-bond donors (Lipinski definition) is 0. The molecule has 112 valence electrons. The zero-order chi connectivity index (χ0) is 14.9. The first-order valence-electron chi connectivity index (χ1n) is 5.73. The number of ether oxygens (including phenoxy) is 2. The van der Waals surface area contributed by atoms with Gasteiger partial charge in [-0.3, -0.25) is 0 Å². The molecule has 1 aromatic rings. The van der Waals surface area contributed by atoms with Gasteiger partial charge in [-0.25, -0.2) is 8.78 Å². The second-order valence-electron chi connectivity index (χ2n) is 4.21. The Hall–Kier alpha value is -0.880. The number of alkyl halides is 5. The third-order valence-corrected chi connectivity index (χ3v) is 3.62. The van der Waals surface area contributed by atoms with Crippen molar-refractivity contribution in [1.82, 2.24) is 0 Å². The molecule has 0 saturated carbocycles. The van der Waals surface area contributed by atoms with Crippen molar-refractivity contribution in [3.8, 4) is 11.5 Å². The van der Waals surface area contributed by atoms with Crippen LogP contribution in [0.1, 0.15) is 17.4 Å². The average molecular weight is 333 g/mol. The Balaban J connectivity index is 2.40. The normalized spacial score (nSPS) is 16.9. The highest BCUT2D eigenvalue weighted by Crippen LogP contribution is 2.46. The SMILES string of the molecule is FC(F)C(F)(F)C(Cl)c1cc2c(cc1Cl)OCCCO2. The predicted molar refractivity (Wildman–Crippen MR) is 66.6 cm³/mol. The third-order valence-electron chi connectivity index (χ3n) is 2.77. The molecule has 20 heavy (non-hydrogen) atoms. The van der Waals surface area contributed by atoms with Gasteiger partial charge in [0, 0.05) is 17.5 Å². The monoisotopic (exact) mass is 332 g/mol. The summed E-state index contributed by atoms with van der Waals surface area (Å²) in [4.78, 5) is 0. The maximum Gasteiger partial charge on any atom is 0.327 e. The summed E-state index contributed by atoms with van der Waals surface area (Å²) >= 11 is 11.3. The second-order valence-corrected chi connectivity index (χ2v) is 5.05. The van der Waals surface area contributed by atoms with Gasteiger partial charge >= 0.3 is 12.3 Å². The van der Waals surface area contributed by atoms with Crippen molar-refractivity contribution in [1.29, 1.82) is 0 Å². The Labute approximate surface area is 122 Å². The fourth-order valence-corrected chi connectivity index (χ4v) is 2.31. The minimum Gasteiger partial charge on any atom is -0.490 e. The van der Waals surface area contributed by atoms with Gasteiger partial charge in [0.1, 0.15) is 5.38 Å². The molecule has 0 spiro atoms. The molecule has 1 aliphatic rings. The van der Waals surface area contributed by atoms with Crippen LogP contribution < -0.4 is 9.47 Å². The summed E-state index contributed by atoms with van der Waals surface area (Å²) in [6, 6.07) is 2.37. The van der Waals surface area contributed by atoms with Crippen LogP contribution in [-0.2, 0) is 0 Å². The lowest BCUT2D eigenvalue weighted by Crippen LogP contribution is -2.31. The fourth-order valence-electron chi connectivity index (χ4n) is 1.71. The number of rotatable bonds is 3. The van der Waals surface area contributed by atoms with Crippen molar-refractivity contribution in [3.63, 3.8) is 0 Å². The molecule has 1 aromatic carbocycles. The van der Waals surface area contributed by atoms with E-state index in [1.807, 2.05) is 0 Å². The second kappa shape index (κ2) is 5.85. The van der Waals surface area contributed by atoms with E-state index in [0.29, 0.717) is 19.6 Å². The molecule has 0 fully saturated rings. The van der Waals surface area contributed by atoms with Crippen molar-refractivity contribution < 1.29 is 27.0 Å². The largest absolute Gasteiger partial charge is 0.490 e. The van der Waals surface area contributed by atoms with Crippen molar-refractivity contribution >= 4 is 23.2 Å². The molecule has 0 aromatic heterocycles. The molecule has 0 N–H and O–H groups in total. The Morgan fingerprint density at radius 1 is 1.10 bits per heavy atom. The Bertz CT molecular complexity index is 497. The molecule has 8 heteroatoms. The lowest BCUT2D eigenvalue weighted by molar-refractivity contribution is -0.130. The molecule has 2 rings (SSSR count). The van der Waals surface area contributed by atoms with Gasteiger partial charge < -0.3 is 9.47 Å². The van der Waals surface area contributed by atoms with Gasteiger partial charge in [0.15, 0.2) is 11.5 Å². The fraction of sp³-hybridized carbons (Fsp3) is 0.500. The summed E-state index contributed by atoms with van der Waals surface area (Å²) in [5.41, 5.74) is -0.317. The van der Waals surface area contributed by atoms with Crippen molar-refractivity contribution in [3.05, 3.63) is 22.7 Å². The zero-order valence-corrected chi connectivity index (χ0v) is 11.5. The van der Waals surface area contributed by atoms with Gasteiger partial charge in [0.2, 0.25) is 0 Å². The molecule has 0 saturated heterocycles.